The molecule has 22 heteroatoms. The van der Waals surface area contributed by atoms with Gasteiger partial charge < -0.3 is 30.5 Å². The number of primary amides is 1. The Balaban J connectivity index is 0.000000194. The summed E-state index contributed by atoms with van der Waals surface area (Å²) in [5.74, 6) is 6.90. The maximum absolute atomic E-state index is 13.6. The number of benzene rings is 2. The van der Waals surface area contributed by atoms with Crippen LogP contribution in [0.2, 0.25) is 0 Å². The number of nitrogens with two attached hydrogens (primary N) is 1. The Bertz CT molecular complexity index is 3070. The predicted molar refractivity (Wildman–Crippen MR) is 216 cm³/mol. The van der Waals surface area contributed by atoms with Gasteiger partial charge in [0.15, 0.2) is 22.7 Å². The van der Waals surface area contributed by atoms with Crippen LogP contribution in [0, 0.1) is 23.7 Å². The van der Waals surface area contributed by atoms with Crippen LogP contribution in [0.3, 0.4) is 0 Å². The average Bonchev–Trinajstić information content (AvgIpc) is 4.00. The highest BCUT2D eigenvalue weighted by Crippen LogP contribution is 2.34. The van der Waals surface area contributed by atoms with E-state index < -0.39 is 58.4 Å². The van der Waals surface area contributed by atoms with Crippen molar-refractivity contribution in [1.29, 1.82) is 0 Å². The summed E-state index contributed by atoms with van der Waals surface area (Å²) >= 11 is 0. The van der Waals surface area contributed by atoms with Crippen LogP contribution in [-0.4, -0.2) is 119 Å². The number of alkyl halides is 6. The van der Waals surface area contributed by atoms with E-state index in [1.165, 1.54) is 54.5 Å². The average molecular weight is 902 g/mol. The van der Waals surface area contributed by atoms with Crippen LogP contribution in [-0.2, 0) is 26.7 Å². The molecule has 0 spiro atoms. The van der Waals surface area contributed by atoms with Crippen LogP contribution < -0.4 is 5.73 Å². The summed E-state index contributed by atoms with van der Waals surface area (Å²) < 4.78 is 88.4. The number of carbonyl (C=O) groups excluding carboxylic acids is 4. The Labute approximate surface area is 363 Å². The fourth-order valence-electron chi connectivity index (χ4n) is 6.92. The number of amides is 3. The molecule has 2 aliphatic heterocycles. The molecule has 0 saturated carbocycles. The van der Waals surface area contributed by atoms with E-state index in [-0.39, 0.29) is 76.5 Å². The molecule has 3 amide bonds. The largest absolute Gasteiger partial charge is 0.464 e. The molecule has 4 aromatic heterocycles. The maximum Gasteiger partial charge on any atom is 0.416 e. The lowest BCUT2D eigenvalue weighted by Crippen LogP contribution is -2.37. The van der Waals surface area contributed by atoms with Crippen molar-refractivity contribution in [3.05, 3.63) is 107 Å². The van der Waals surface area contributed by atoms with Crippen LogP contribution in [0.4, 0.5) is 26.3 Å². The fourth-order valence-corrected chi connectivity index (χ4v) is 6.92. The molecule has 16 nitrogen and oxygen atoms in total. The van der Waals surface area contributed by atoms with Gasteiger partial charge in [0.1, 0.15) is 0 Å². The summed E-state index contributed by atoms with van der Waals surface area (Å²) in [6.07, 6.45) is -6.54. The Kier molecular flexibility index (Phi) is 11.6. The molecule has 6 aromatic rings. The van der Waals surface area contributed by atoms with Crippen LogP contribution in [0.25, 0.3) is 33.4 Å². The number of pyridine rings is 2. The number of aliphatic hydroxyl groups is 2. The Morgan fingerprint density at radius 3 is 1.49 bits per heavy atom. The first kappa shape index (κ1) is 45.2. The Morgan fingerprint density at radius 1 is 0.708 bits per heavy atom. The second-order valence-corrected chi connectivity index (χ2v) is 14.8. The minimum absolute atomic E-state index is 0.0385. The summed E-state index contributed by atoms with van der Waals surface area (Å²) in [6.45, 7) is 0.553. The number of nitrogens with zero attached hydrogens (tertiary/aromatic N) is 8. The molecule has 2 fully saturated rings. The van der Waals surface area contributed by atoms with Crippen molar-refractivity contribution in [3.8, 4) is 35.1 Å². The van der Waals surface area contributed by atoms with E-state index in [0.717, 1.165) is 40.7 Å². The van der Waals surface area contributed by atoms with Gasteiger partial charge in [-0.3, -0.25) is 14.4 Å². The van der Waals surface area contributed by atoms with E-state index in [1.807, 2.05) is 0 Å². The van der Waals surface area contributed by atoms with Crippen LogP contribution in [0.15, 0.2) is 73.1 Å². The standard InChI is InChI=1S/C22H17F3N4O4.C21H16F3N5O3/c1-28-9-7-21(32,20(28)31)6-5-13-10-14(22(23,24)25)12-15(11-13)29-18-16(4-3-8-26-18)17(27-29)19(30)33-2;1-28-8-6-20(32,19(28)31)5-4-12-9-13(21(22,23)24)11-14(10-12)29-18-15(3-2-7-26-18)16(27-29)17(25)30/h3-4,8,10-12,32H,7,9H2,1-2H3;2-3,7,9-11,32H,6,8H2,1H3,(H2,25,30)/t21-;20-/m00/s1. The topological polar surface area (TPSA) is 212 Å². The van der Waals surface area contributed by atoms with E-state index in [0.29, 0.717) is 5.39 Å². The van der Waals surface area contributed by atoms with Gasteiger partial charge in [0, 0.05) is 63.5 Å². The van der Waals surface area contributed by atoms with Gasteiger partial charge in [0.05, 0.1) is 40.4 Å². The monoisotopic (exact) mass is 901 g/mol. The Hall–Kier alpha value is -7.82. The lowest BCUT2D eigenvalue weighted by atomic mass is 10.0. The second-order valence-electron chi connectivity index (χ2n) is 14.8. The van der Waals surface area contributed by atoms with Crippen molar-refractivity contribution in [2.45, 2.75) is 36.4 Å². The minimum atomic E-state index is -4.71. The number of fused-ring (bicyclic) bond motifs is 2. The van der Waals surface area contributed by atoms with E-state index in [1.54, 1.807) is 18.2 Å². The Morgan fingerprint density at radius 2 is 1.12 bits per heavy atom. The number of methoxy groups -OCH3 is 1. The lowest BCUT2D eigenvalue weighted by molar-refractivity contribution is -0.138. The molecule has 0 unspecified atom stereocenters. The summed E-state index contributed by atoms with van der Waals surface area (Å²) in [6, 6.07) is 12.1. The highest BCUT2D eigenvalue weighted by atomic mass is 19.4. The van der Waals surface area contributed by atoms with Crippen molar-refractivity contribution in [2.24, 2.45) is 5.73 Å². The van der Waals surface area contributed by atoms with Gasteiger partial charge in [-0.1, -0.05) is 23.7 Å². The first-order valence-corrected chi connectivity index (χ1v) is 19.1. The van der Waals surface area contributed by atoms with Crippen LogP contribution >= 0.6 is 0 Å². The molecule has 6 heterocycles. The van der Waals surface area contributed by atoms with E-state index in [2.05, 4.69) is 43.8 Å². The van der Waals surface area contributed by atoms with Crippen molar-refractivity contribution in [2.75, 3.05) is 34.3 Å². The number of rotatable bonds is 4. The molecule has 2 aromatic carbocycles. The van der Waals surface area contributed by atoms with Crippen LogP contribution in [0.5, 0.6) is 0 Å². The molecule has 334 valence electrons. The molecule has 2 aliphatic rings. The van der Waals surface area contributed by atoms with Gasteiger partial charge in [0.2, 0.25) is 11.2 Å². The molecule has 2 atom stereocenters. The molecule has 2 saturated heterocycles. The fraction of sp³-hybridized carbons (Fsp3) is 0.256. The number of esters is 1. The number of aromatic nitrogens is 6. The van der Waals surface area contributed by atoms with E-state index >= 15 is 0 Å². The maximum atomic E-state index is 13.6. The van der Waals surface area contributed by atoms with E-state index in [4.69, 9.17) is 10.5 Å². The number of hydrogen-bond donors (Lipinski definition) is 3. The SMILES string of the molecule is CN1CC[C@@](O)(C#Cc2cc(-n3nc(C(N)=O)c4cccnc43)cc(C(F)(F)F)c2)C1=O.COC(=O)c1nn(-c2cc(C#C[C@]3(O)CCN(C)C3=O)cc(C(F)(F)F)c2)c2ncccc12. The van der Waals surface area contributed by atoms with Crippen LogP contribution in [0.1, 0.15) is 56.1 Å². The second kappa shape index (κ2) is 16.7. The third-order valence-corrected chi connectivity index (χ3v) is 10.3. The number of ether oxygens (including phenoxy) is 1. The minimum Gasteiger partial charge on any atom is -0.464 e. The predicted octanol–water partition coefficient (Wildman–Crippen LogP) is 3.65. The zero-order valence-electron chi connectivity index (χ0n) is 34.1. The zero-order valence-corrected chi connectivity index (χ0v) is 34.1. The van der Waals surface area contributed by atoms with Crippen molar-refractivity contribution in [3.63, 3.8) is 0 Å². The summed E-state index contributed by atoms with van der Waals surface area (Å²) in [4.78, 5) is 58.9. The molecule has 0 radical (unpaired) electrons. The zero-order chi connectivity index (χ0) is 47.2. The molecular weight excluding hydrogens is 869 g/mol. The highest BCUT2D eigenvalue weighted by Gasteiger charge is 2.43. The third kappa shape index (κ3) is 8.89. The smallest absolute Gasteiger partial charge is 0.416 e. The number of likely N-dealkylation sites (tertiary alicyclic amines) is 2. The molecule has 0 aliphatic carbocycles. The third-order valence-electron chi connectivity index (χ3n) is 10.3. The molecular formula is C43H33F6N9O7. The van der Waals surface area contributed by atoms with Gasteiger partial charge in [-0.05, 0) is 60.7 Å². The van der Waals surface area contributed by atoms with Gasteiger partial charge in [0.25, 0.3) is 17.7 Å². The normalized spacial score (nSPS) is 18.5. The highest BCUT2D eigenvalue weighted by molar-refractivity contribution is 6.03. The van der Waals surface area contributed by atoms with Crippen molar-refractivity contribution < 1.29 is 60.5 Å². The van der Waals surface area contributed by atoms with Gasteiger partial charge in [-0.2, -0.15) is 36.5 Å². The van der Waals surface area contributed by atoms with Gasteiger partial charge in [-0.15, -0.1) is 0 Å². The number of likely N-dealkylation sites (N-methyl/N-ethyl adjacent to an activating group) is 2. The first-order valence-electron chi connectivity index (χ1n) is 19.1. The van der Waals surface area contributed by atoms with Crippen molar-refractivity contribution in [1.82, 2.24) is 39.3 Å². The molecule has 0 bridgehead atoms. The molecule has 65 heavy (non-hydrogen) atoms. The lowest BCUT2D eigenvalue weighted by Gasteiger charge is -2.13. The first-order chi connectivity index (χ1) is 30.5. The van der Waals surface area contributed by atoms with Crippen molar-refractivity contribution >= 4 is 45.8 Å². The summed E-state index contributed by atoms with van der Waals surface area (Å²) in [5, 5.41) is 29.7. The number of carbonyl (C=O) groups is 4. The number of halogens is 6. The number of hydrogen-bond acceptors (Lipinski definition) is 11. The van der Waals surface area contributed by atoms with Gasteiger partial charge >= 0.3 is 18.3 Å². The summed E-state index contributed by atoms with van der Waals surface area (Å²) in [7, 11) is 4.16. The van der Waals surface area contributed by atoms with Gasteiger partial charge in [-0.25, -0.2) is 24.1 Å². The summed E-state index contributed by atoms with van der Waals surface area (Å²) in [5.41, 5.74) is -0.964. The quantitative estimate of drug-likeness (QED) is 0.132. The van der Waals surface area contributed by atoms with E-state index in [9.17, 15) is 55.7 Å². The molecule has 8 rings (SSSR count). The molecule has 4 N–H and O–H groups in total.